The smallest absolute Gasteiger partial charge is 0.390 e. The minimum absolute atomic E-state index is 0.130. The molecule has 11 nitrogen and oxygen atoms in total. The van der Waals surface area contributed by atoms with E-state index < -0.39 is 21.8 Å². The van der Waals surface area contributed by atoms with Gasteiger partial charge in [0.05, 0.1) is 33.5 Å². The Morgan fingerprint density at radius 3 is 2.38 bits per heavy atom. The van der Waals surface area contributed by atoms with Crippen LogP contribution in [0.2, 0.25) is 5.02 Å². The third-order valence-electron chi connectivity index (χ3n) is 4.50. The highest BCUT2D eigenvalue weighted by atomic mass is 35.5. The molecule has 12 heteroatoms. The molecule has 0 saturated heterocycles. The first-order valence-corrected chi connectivity index (χ1v) is 9.80. The number of carbonyl (C=O) groups excluding carboxylic acids is 1. The zero-order chi connectivity index (χ0) is 23.4. The van der Waals surface area contributed by atoms with Crippen molar-refractivity contribution in [3.05, 3.63) is 79.5 Å². The molecule has 1 atom stereocenters. The second kappa shape index (κ2) is 9.43. The van der Waals surface area contributed by atoms with Gasteiger partial charge in [0.2, 0.25) is 0 Å². The van der Waals surface area contributed by atoms with Gasteiger partial charge in [0.25, 0.3) is 11.6 Å². The molecule has 32 heavy (non-hydrogen) atoms. The summed E-state index contributed by atoms with van der Waals surface area (Å²) in [6.45, 7) is 3.32. The molecular weight excluding hydrogens is 442 g/mol. The molecule has 0 fully saturated rings. The number of hydrogen-bond acceptors (Lipinski definition) is 7. The molecule has 0 aliphatic heterocycles. The first-order valence-electron chi connectivity index (χ1n) is 9.42. The van der Waals surface area contributed by atoms with Gasteiger partial charge in [0.1, 0.15) is 11.5 Å². The molecule has 0 saturated carbocycles. The van der Waals surface area contributed by atoms with Crippen LogP contribution in [0.4, 0.5) is 17.2 Å². The summed E-state index contributed by atoms with van der Waals surface area (Å²) < 4.78 is 6.92. The van der Waals surface area contributed by atoms with Crippen LogP contribution in [0.1, 0.15) is 25.1 Å². The van der Waals surface area contributed by atoms with E-state index in [1.807, 2.05) is 0 Å². The topological polar surface area (TPSA) is 142 Å². The van der Waals surface area contributed by atoms with Crippen molar-refractivity contribution >= 4 is 34.7 Å². The standard InChI is InChI=1S/C20H18ClN5O6/c1-3-18(24-12(2)8-19(23-24)26(30)31)20(27)22-14-9-15(25(28)29)11-17(10-14)32-16-6-4-13(21)5-7-16/h4-11,18H,3H2,1-2H3,(H,22,27). The monoisotopic (exact) mass is 459 g/mol. The van der Waals surface area contributed by atoms with E-state index in [0.717, 1.165) is 0 Å². The van der Waals surface area contributed by atoms with E-state index >= 15 is 0 Å². The van der Waals surface area contributed by atoms with E-state index in [9.17, 15) is 25.0 Å². The Morgan fingerprint density at radius 2 is 1.81 bits per heavy atom. The SMILES string of the molecule is CCC(C(=O)Nc1cc(Oc2ccc(Cl)cc2)cc([N+](=O)[O-])c1)n1nc([N+](=O)[O-])cc1C. The molecule has 0 spiro atoms. The number of aryl methyl sites for hydroxylation is 1. The van der Waals surface area contributed by atoms with Gasteiger partial charge in [-0.2, -0.15) is 4.68 Å². The summed E-state index contributed by atoms with van der Waals surface area (Å²) in [6, 6.07) is 10.7. The molecule has 3 rings (SSSR count). The van der Waals surface area contributed by atoms with E-state index in [1.165, 1.54) is 28.9 Å². The normalized spacial score (nSPS) is 11.6. The highest BCUT2D eigenvalue weighted by molar-refractivity contribution is 6.30. The second-order valence-electron chi connectivity index (χ2n) is 6.79. The van der Waals surface area contributed by atoms with Crippen LogP contribution in [0.3, 0.4) is 0 Å². The minimum Gasteiger partial charge on any atom is -0.457 e. The van der Waals surface area contributed by atoms with Crippen LogP contribution in [-0.4, -0.2) is 25.5 Å². The quantitative estimate of drug-likeness (QED) is 0.367. The molecule has 0 aliphatic carbocycles. The van der Waals surface area contributed by atoms with E-state index in [-0.39, 0.29) is 29.4 Å². The number of aromatic nitrogens is 2. The maximum absolute atomic E-state index is 12.9. The number of nitrogens with one attached hydrogen (secondary N) is 1. The summed E-state index contributed by atoms with van der Waals surface area (Å²) in [4.78, 5) is 34.0. The summed E-state index contributed by atoms with van der Waals surface area (Å²) in [7, 11) is 0. The molecular formula is C20H18ClN5O6. The molecule has 3 aromatic rings. The van der Waals surface area contributed by atoms with Gasteiger partial charge in [-0.1, -0.05) is 18.5 Å². The average Bonchev–Trinajstić information content (AvgIpc) is 3.12. The van der Waals surface area contributed by atoms with Crippen LogP contribution in [0.25, 0.3) is 0 Å². The highest BCUT2D eigenvalue weighted by Gasteiger charge is 2.27. The number of ether oxygens (including phenoxy) is 1. The van der Waals surface area contributed by atoms with Gasteiger partial charge in [-0.15, -0.1) is 0 Å². The van der Waals surface area contributed by atoms with Crippen molar-refractivity contribution in [1.29, 1.82) is 0 Å². The van der Waals surface area contributed by atoms with Crippen molar-refractivity contribution in [3.8, 4) is 11.5 Å². The van der Waals surface area contributed by atoms with E-state index in [2.05, 4.69) is 10.4 Å². The molecule has 166 valence electrons. The van der Waals surface area contributed by atoms with Crippen LogP contribution in [0, 0.1) is 27.2 Å². The number of halogens is 1. The minimum atomic E-state index is -0.858. The van der Waals surface area contributed by atoms with Gasteiger partial charge < -0.3 is 20.2 Å². The molecule has 0 bridgehead atoms. The lowest BCUT2D eigenvalue weighted by atomic mass is 10.2. The zero-order valence-electron chi connectivity index (χ0n) is 17.0. The van der Waals surface area contributed by atoms with Crippen LogP contribution >= 0.6 is 11.6 Å². The number of rotatable bonds is 8. The fourth-order valence-electron chi connectivity index (χ4n) is 3.03. The van der Waals surface area contributed by atoms with Crippen molar-refractivity contribution < 1.29 is 19.4 Å². The summed E-state index contributed by atoms with van der Waals surface area (Å²) in [5.74, 6) is -0.372. The molecule has 2 aromatic carbocycles. The molecule has 1 heterocycles. The van der Waals surface area contributed by atoms with Crippen LogP contribution in [0.5, 0.6) is 11.5 Å². The molecule has 1 amide bonds. The first kappa shape index (κ1) is 22.7. The summed E-state index contributed by atoms with van der Waals surface area (Å²) in [6.07, 6.45) is 0.286. The number of nitro groups is 2. The Hall–Kier alpha value is -3.99. The Balaban J connectivity index is 1.88. The van der Waals surface area contributed by atoms with Crippen LogP contribution < -0.4 is 10.1 Å². The van der Waals surface area contributed by atoms with Gasteiger partial charge in [-0.05, 0) is 42.5 Å². The summed E-state index contributed by atoms with van der Waals surface area (Å²) >= 11 is 5.85. The largest absolute Gasteiger partial charge is 0.457 e. The van der Waals surface area contributed by atoms with Gasteiger partial charge in [-0.25, -0.2) is 0 Å². The Labute approximate surface area is 186 Å². The Morgan fingerprint density at radius 1 is 1.12 bits per heavy atom. The lowest BCUT2D eigenvalue weighted by Gasteiger charge is -2.15. The third kappa shape index (κ3) is 5.19. The van der Waals surface area contributed by atoms with Crippen molar-refractivity contribution in [2.45, 2.75) is 26.3 Å². The predicted molar refractivity (Wildman–Crippen MR) is 116 cm³/mol. The number of benzene rings is 2. The average molecular weight is 460 g/mol. The number of nitro benzene ring substituents is 1. The van der Waals surface area contributed by atoms with Gasteiger partial charge in [0, 0.05) is 17.2 Å². The van der Waals surface area contributed by atoms with Gasteiger partial charge >= 0.3 is 5.82 Å². The number of nitrogens with zero attached hydrogens (tertiary/aromatic N) is 4. The number of amides is 1. The first-order chi connectivity index (χ1) is 15.2. The molecule has 1 unspecified atom stereocenters. The second-order valence-corrected chi connectivity index (χ2v) is 7.22. The van der Waals surface area contributed by atoms with Crippen molar-refractivity contribution in [3.63, 3.8) is 0 Å². The van der Waals surface area contributed by atoms with Crippen LogP contribution in [0.15, 0.2) is 48.5 Å². The summed E-state index contributed by atoms with van der Waals surface area (Å²) in [5.41, 5.74) is 0.279. The number of carbonyl (C=O) groups is 1. The number of anilines is 1. The fourth-order valence-corrected chi connectivity index (χ4v) is 3.16. The third-order valence-corrected chi connectivity index (χ3v) is 4.75. The van der Waals surface area contributed by atoms with Gasteiger partial charge in [0.15, 0.2) is 6.04 Å². The maximum Gasteiger partial charge on any atom is 0.390 e. The fraction of sp³-hybridized carbons (Fsp3) is 0.200. The van der Waals surface area contributed by atoms with E-state index in [1.54, 1.807) is 38.1 Å². The molecule has 0 aliphatic rings. The lowest BCUT2D eigenvalue weighted by Crippen LogP contribution is -2.27. The number of non-ortho nitro benzene ring substituents is 1. The van der Waals surface area contributed by atoms with E-state index in [0.29, 0.717) is 16.5 Å². The predicted octanol–water partition coefficient (Wildman–Crippen LogP) is 5.04. The highest BCUT2D eigenvalue weighted by Crippen LogP contribution is 2.31. The van der Waals surface area contributed by atoms with Crippen molar-refractivity contribution in [1.82, 2.24) is 9.78 Å². The maximum atomic E-state index is 12.9. The molecule has 0 radical (unpaired) electrons. The van der Waals surface area contributed by atoms with Gasteiger partial charge in [-0.3, -0.25) is 14.9 Å². The Kier molecular flexibility index (Phi) is 6.69. The molecule has 1 aromatic heterocycles. The summed E-state index contributed by atoms with van der Waals surface area (Å²) in [5, 5.41) is 29.3. The number of hydrogen-bond donors (Lipinski definition) is 1. The Bertz CT molecular complexity index is 1180. The molecule has 1 N–H and O–H groups in total. The zero-order valence-corrected chi connectivity index (χ0v) is 17.8. The van der Waals surface area contributed by atoms with E-state index in [4.69, 9.17) is 16.3 Å². The van der Waals surface area contributed by atoms with Crippen molar-refractivity contribution in [2.75, 3.05) is 5.32 Å². The van der Waals surface area contributed by atoms with Crippen LogP contribution in [-0.2, 0) is 4.79 Å². The van der Waals surface area contributed by atoms with Crippen molar-refractivity contribution in [2.24, 2.45) is 0 Å². The lowest BCUT2D eigenvalue weighted by molar-refractivity contribution is -0.389.